The third-order valence-electron chi connectivity index (χ3n) is 2.45. The molecule has 2 N–H and O–H groups in total. The molecule has 1 rings (SSSR count). The first-order valence-corrected chi connectivity index (χ1v) is 6.27. The van der Waals surface area contributed by atoms with Crippen LogP contribution in [0.3, 0.4) is 0 Å². The van der Waals surface area contributed by atoms with Gasteiger partial charge in [0.2, 0.25) is 0 Å². The Balaban J connectivity index is 2.21. The van der Waals surface area contributed by atoms with Crippen molar-refractivity contribution in [3.05, 3.63) is 23.8 Å². The van der Waals surface area contributed by atoms with Crippen LogP contribution in [0.2, 0.25) is 0 Å². The van der Waals surface area contributed by atoms with Crippen molar-refractivity contribution in [1.29, 1.82) is 0 Å². The number of rotatable bonds is 8. The van der Waals surface area contributed by atoms with E-state index in [1.54, 1.807) is 19.2 Å². The van der Waals surface area contributed by atoms with Crippen molar-refractivity contribution in [2.75, 3.05) is 26.9 Å². The molecule has 0 heterocycles. The van der Waals surface area contributed by atoms with E-state index in [1.807, 2.05) is 6.07 Å². The minimum absolute atomic E-state index is 0.174. The molecule has 1 aromatic rings. The summed E-state index contributed by atoms with van der Waals surface area (Å²) in [7, 11) is 1.54. The quantitative estimate of drug-likeness (QED) is 0.697. The van der Waals surface area contributed by atoms with E-state index in [4.69, 9.17) is 9.47 Å². The van der Waals surface area contributed by atoms with Gasteiger partial charge < -0.3 is 19.9 Å². The first-order chi connectivity index (χ1) is 8.63. The number of hydrogen-bond donors (Lipinski definition) is 2. The second-order valence-electron chi connectivity index (χ2n) is 4.65. The molecule has 0 aliphatic carbocycles. The van der Waals surface area contributed by atoms with Gasteiger partial charge in [-0.15, -0.1) is 0 Å². The van der Waals surface area contributed by atoms with Crippen LogP contribution < -0.4 is 10.1 Å². The van der Waals surface area contributed by atoms with Gasteiger partial charge in [-0.25, -0.2) is 0 Å². The van der Waals surface area contributed by atoms with Crippen molar-refractivity contribution in [3.8, 4) is 11.5 Å². The molecule has 0 fully saturated rings. The highest BCUT2D eigenvalue weighted by molar-refractivity contribution is 5.41. The Bertz CT molecular complexity index is 353. The summed E-state index contributed by atoms with van der Waals surface area (Å²) in [4.78, 5) is 0. The molecule has 0 aliphatic rings. The highest BCUT2D eigenvalue weighted by Gasteiger charge is 2.02. The molecule has 1 aromatic carbocycles. The van der Waals surface area contributed by atoms with E-state index in [9.17, 15) is 5.11 Å². The molecular formula is C14H23NO3. The van der Waals surface area contributed by atoms with Crippen LogP contribution in [0.1, 0.15) is 19.4 Å². The number of phenolic OH excluding ortho intramolecular Hbond substituents is 1. The molecule has 0 saturated heterocycles. The van der Waals surface area contributed by atoms with Crippen molar-refractivity contribution >= 4 is 0 Å². The molecule has 0 unspecified atom stereocenters. The van der Waals surface area contributed by atoms with Gasteiger partial charge in [0.25, 0.3) is 0 Å². The highest BCUT2D eigenvalue weighted by atomic mass is 16.5. The van der Waals surface area contributed by atoms with E-state index in [-0.39, 0.29) is 5.75 Å². The fraction of sp³-hybridized carbons (Fsp3) is 0.571. The van der Waals surface area contributed by atoms with Crippen molar-refractivity contribution in [1.82, 2.24) is 5.32 Å². The van der Waals surface area contributed by atoms with Crippen molar-refractivity contribution in [3.63, 3.8) is 0 Å². The number of hydrogen-bond acceptors (Lipinski definition) is 4. The summed E-state index contributed by atoms with van der Waals surface area (Å²) in [5.41, 5.74) is 1.03. The van der Waals surface area contributed by atoms with Gasteiger partial charge in [-0.3, -0.25) is 0 Å². The molecule has 0 spiro atoms. The summed E-state index contributed by atoms with van der Waals surface area (Å²) in [5, 5.41) is 12.9. The average Bonchev–Trinajstić information content (AvgIpc) is 2.33. The molecular weight excluding hydrogens is 230 g/mol. The smallest absolute Gasteiger partial charge is 0.160 e. The van der Waals surface area contributed by atoms with Crippen LogP contribution in [0, 0.1) is 5.92 Å². The maximum absolute atomic E-state index is 9.62. The largest absolute Gasteiger partial charge is 0.504 e. The second-order valence-corrected chi connectivity index (χ2v) is 4.65. The zero-order chi connectivity index (χ0) is 13.4. The molecule has 102 valence electrons. The summed E-state index contributed by atoms with van der Waals surface area (Å²) in [5.74, 6) is 1.25. The number of phenols is 1. The Morgan fingerprint density at radius 3 is 2.72 bits per heavy atom. The van der Waals surface area contributed by atoms with Crippen LogP contribution in [0.5, 0.6) is 11.5 Å². The third-order valence-corrected chi connectivity index (χ3v) is 2.45. The lowest BCUT2D eigenvalue weighted by Crippen LogP contribution is -2.20. The minimum atomic E-state index is 0.174. The monoisotopic (exact) mass is 253 g/mol. The van der Waals surface area contributed by atoms with Gasteiger partial charge in [0.1, 0.15) is 0 Å². The Labute approximate surface area is 109 Å². The zero-order valence-corrected chi connectivity index (χ0v) is 11.4. The normalized spacial score (nSPS) is 10.9. The summed E-state index contributed by atoms with van der Waals surface area (Å²) in [6, 6.07) is 5.41. The lowest BCUT2D eigenvalue weighted by molar-refractivity contribution is 0.111. The molecule has 0 bridgehead atoms. The predicted octanol–water partition coefficient (Wildman–Crippen LogP) is 2.16. The van der Waals surface area contributed by atoms with E-state index < -0.39 is 0 Å². The number of ether oxygens (including phenoxy) is 2. The van der Waals surface area contributed by atoms with E-state index in [2.05, 4.69) is 19.2 Å². The maximum atomic E-state index is 9.62. The van der Waals surface area contributed by atoms with E-state index in [0.29, 0.717) is 24.8 Å². The van der Waals surface area contributed by atoms with Crippen molar-refractivity contribution in [2.45, 2.75) is 20.4 Å². The molecule has 0 radical (unpaired) electrons. The Hall–Kier alpha value is -1.26. The summed E-state index contributed by atoms with van der Waals surface area (Å²) < 4.78 is 10.5. The summed E-state index contributed by atoms with van der Waals surface area (Å²) in [6.07, 6.45) is 0. The first-order valence-electron chi connectivity index (χ1n) is 6.27. The predicted molar refractivity (Wildman–Crippen MR) is 72.0 cm³/mol. The number of nitrogens with one attached hydrogen (secondary N) is 1. The number of aromatic hydroxyl groups is 1. The van der Waals surface area contributed by atoms with Gasteiger partial charge in [-0.1, -0.05) is 19.9 Å². The Kier molecular flexibility index (Phi) is 6.54. The molecule has 18 heavy (non-hydrogen) atoms. The third kappa shape index (κ3) is 5.38. The van der Waals surface area contributed by atoms with Gasteiger partial charge in [0, 0.05) is 19.7 Å². The molecule has 0 saturated carbocycles. The highest BCUT2D eigenvalue weighted by Crippen LogP contribution is 2.25. The summed E-state index contributed by atoms with van der Waals surface area (Å²) >= 11 is 0. The number of benzene rings is 1. The van der Waals surface area contributed by atoms with Crippen molar-refractivity contribution < 1.29 is 14.6 Å². The number of methoxy groups -OCH3 is 1. The van der Waals surface area contributed by atoms with Gasteiger partial charge in [0.15, 0.2) is 11.5 Å². The first kappa shape index (κ1) is 14.8. The fourth-order valence-electron chi connectivity index (χ4n) is 1.54. The SMILES string of the molecule is COc1ccc(CNCCOCC(C)C)cc1O. The van der Waals surface area contributed by atoms with Crippen LogP contribution in [0.4, 0.5) is 0 Å². The van der Waals surface area contributed by atoms with Crippen LogP contribution in [-0.2, 0) is 11.3 Å². The average molecular weight is 253 g/mol. The Morgan fingerprint density at radius 1 is 1.33 bits per heavy atom. The summed E-state index contributed by atoms with van der Waals surface area (Å²) in [6.45, 7) is 7.29. The lowest BCUT2D eigenvalue weighted by Gasteiger charge is -2.09. The van der Waals surface area contributed by atoms with Crippen LogP contribution in [0.25, 0.3) is 0 Å². The zero-order valence-electron chi connectivity index (χ0n) is 11.4. The molecule has 0 aromatic heterocycles. The Morgan fingerprint density at radius 2 is 2.11 bits per heavy atom. The van der Waals surface area contributed by atoms with Gasteiger partial charge in [-0.2, -0.15) is 0 Å². The van der Waals surface area contributed by atoms with Crippen LogP contribution in [0.15, 0.2) is 18.2 Å². The maximum Gasteiger partial charge on any atom is 0.160 e. The molecule has 0 atom stereocenters. The van der Waals surface area contributed by atoms with Crippen LogP contribution in [-0.4, -0.2) is 32.0 Å². The molecule has 0 aliphatic heterocycles. The van der Waals surface area contributed by atoms with Crippen LogP contribution >= 0.6 is 0 Å². The molecule has 4 nitrogen and oxygen atoms in total. The minimum Gasteiger partial charge on any atom is -0.504 e. The van der Waals surface area contributed by atoms with E-state index in [1.165, 1.54) is 0 Å². The molecule has 0 amide bonds. The standard InChI is InChI=1S/C14H23NO3/c1-11(2)10-18-7-6-15-9-12-4-5-14(17-3)13(16)8-12/h4-5,8,11,15-16H,6-7,9-10H2,1-3H3. The second kappa shape index (κ2) is 7.95. The topological polar surface area (TPSA) is 50.7 Å². The van der Waals surface area contributed by atoms with Crippen molar-refractivity contribution in [2.24, 2.45) is 5.92 Å². The fourth-order valence-corrected chi connectivity index (χ4v) is 1.54. The van der Waals surface area contributed by atoms with E-state index >= 15 is 0 Å². The van der Waals surface area contributed by atoms with Gasteiger partial charge in [-0.05, 0) is 23.6 Å². The van der Waals surface area contributed by atoms with Gasteiger partial charge >= 0.3 is 0 Å². The van der Waals surface area contributed by atoms with E-state index in [0.717, 1.165) is 18.7 Å². The molecule has 4 heteroatoms. The lowest BCUT2D eigenvalue weighted by atomic mass is 10.2. The van der Waals surface area contributed by atoms with Gasteiger partial charge in [0.05, 0.1) is 13.7 Å².